The van der Waals surface area contributed by atoms with Crippen LogP contribution < -0.4 is 0 Å². The van der Waals surface area contributed by atoms with Crippen molar-refractivity contribution in [2.75, 3.05) is 0 Å². The molecule has 0 aliphatic heterocycles. The Morgan fingerprint density at radius 1 is 0.833 bits per heavy atom. The number of hydrogen-bond acceptors (Lipinski definition) is 6. The summed E-state index contributed by atoms with van der Waals surface area (Å²) in [5, 5.41) is 8.09. The molecule has 18 heavy (non-hydrogen) atoms. The maximum absolute atomic E-state index is 4.83. The van der Waals surface area contributed by atoms with Crippen molar-refractivity contribution in [3.63, 3.8) is 0 Å². The monoisotopic (exact) mass is 240 g/mol. The number of fused-ring (bicyclic) bond motifs is 2. The second kappa shape index (κ2) is 4.62. The molecule has 0 radical (unpaired) electrons. The molecule has 88 valence electrons. The Hall–Kier alpha value is -2.76. The third-order valence-electron chi connectivity index (χ3n) is 2.28. The summed E-state index contributed by atoms with van der Waals surface area (Å²) in [5.74, 6) is 0. The van der Waals surface area contributed by atoms with Gasteiger partial charge in [-0.15, -0.1) is 0 Å². The van der Waals surface area contributed by atoms with Gasteiger partial charge in [0.25, 0.3) is 0 Å². The molecule has 0 fully saturated rings. The Kier molecular flexibility index (Phi) is 2.67. The minimum Gasteiger partial charge on any atom is -0.356 e. The summed E-state index contributed by atoms with van der Waals surface area (Å²) >= 11 is 0. The van der Waals surface area contributed by atoms with Crippen molar-refractivity contribution in [1.82, 2.24) is 20.3 Å². The Balaban J connectivity index is 0.000000111. The third-order valence-corrected chi connectivity index (χ3v) is 2.28. The molecule has 0 N–H and O–H groups in total. The van der Waals surface area contributed by atoms with Crippen LogP contribution in [0, 0.1) is 0 Å². The molecular weight excluding hydrogens is 232 g/mol. The Morgan fingerprint density at radius 2 is 1.72 bits per heavy atom. The van der Waals surface area contributed by atoms with Crippen molar-refractivity contribution in [2.24, 2.45) is 0 Å². The second-order valence-corrected chi connectivity index (χ2v) is 3.45. The molecule has 4 rings (SSSR count). The Bertz CT molecular complexity index is 636. The van der Waals surface area contributed by atoms with Crippen LogP contribution in [0.5, 0.6) is 0 Å². The van der Waals surface area contributed by atoms with Crippen molar-refractivity contribution in [3.05, 3.63) is 49.2 Å². The van der Waals surface area contributed by atoms with E-state index in [0.29, 0.717) is 0 Å². The van der Waals surface area contributed by atoms with Crippen LogP contribution >= 0.6 is 0 Å². The molecule has 6 heteroatoms. The van der Waals surface area contributed by atoms with Crippen LogP contribution in [-0.4, -0.2) is 20.3 Å². The van der Waals surface area contributed by atoms with Crippen LogP contribution in [0.3, 0.4) is 0 Å². The minimum absolute atomic E-state index is 0.734. The number of hydrogen-bond donors (Lipinski definition) is 0. The van der Waals surface area contributed by atoms with E-state index in [0.717, 1.165) is 22.1 Å². The summed E-state index contributed by atoms with van der Waals surface area (Å²) in [6.07, 6.45) is 8.33. The van der Waals surface area contributed by atoms with E-state index in [1.165, 1.54) is 0 Å². The molecule has 0 unspecified atom stereocenters. The number of nitrogens with zero attached hydrogens (tertiary/aromatic N) is 4. The quantitative estimate of drug-likeness (QED) is 0.469. The van der Waals surface area contributed by atoms with Crippen molar-refractivity contribution >= 4 is 22.1 Å². The summed E-state index contributed by atoms with van der Waals surface area (Å²) in [4.78, 5) is 7.87. The third kappa shape index (κ3) is 2.03. The highest BCUT2D eigenvalue weighted by Crippen LogP contribution is 2.08. The first-order valence-electron chi connectivity index (χ1n) is 5.23. The number of rotatable bonds is 0. The summed E-state index contributed by atoms with van der Waals surface area (Å²) in [5.41, 5.74) is 2.32. The average molecular weight is 240 g/mol. The molecule has 0 aliphatic rings. The van der Waals surface area contributed by atoms with Gasteiger partial charge in [0.1, 0.15) is 5.52 Å². The van der Waals surface area contributed by atoms with E-state index in [9.17, 15) is 0 Å². The van der Waals surface area contributed by atoms with Gasteiger partial charge in [-0.25, -0.2) is 0 Å². The van der Waals surface area contributed by atoms with E-state index in [4.69, 9.17) is 9.05 Å². The number of aromatic nitrogens is 4. The van der Waals surface area contributed by atoms with E-state index in [1.54, 1.807) is 37.1 Å². The molecule has 0 aliphatic carbocycles. The highest BCUT2D eigenvalue weighted by molar-refractivity contribution is 5.73. The van der Waals surface area contributed by atoms with Crippen LogP contribution in [-0.2, 0) is 0 Å². The van der Waals surface area contributed by atoms with Crippen molar-refractivity contribution in [1.29, 1.82) is 0 Å². The maximum Gasteiger partial charge on any atom is 0.185 e. The lowest BCUT2D eigenvalue weighted by Crippen LogP contribution is -1.66. The summed E-state index contributed by atoms with van der Waals surface area (Å²) in [6, 6.07) is 5.42. The van der Waals surface area contributed by atoms with Gasteiger partial charge >= 0.3 is 0 Å². The molecule has 0 saturated carbocycles. The van der Waals surface area contributed by atoms with E-state index in [2.05, 4.69) is 20.3 Å². The highest BCUT2D eigenvalue weighted by atomic mass is 16.5. The van der Waals surface area contributed by atoms with Crippen LogP contribution in [0.15, 0.2) is 58.2 Å². The minimum atomic E-state index is 0.734. The fourth-order valence-electron chi connectivity index (χ4n) is 1.42. The van der Waals surface area contributed by atoms with E-state index < -0.39 is 0 Å². The lowest BCUT2D eigenvalue weighted by atomic mass is 10.4. The molecule has 0 aromatic carbocycles. The van der Waals surface area contributed by atoms with Crippen LogP contribution in [0.25, 0.3) is 22.1 Å². The SMILES string of the molecule is c1cc2oncc2cn1.c1cnc2cnoc2c1. The van der Waals surface area contributed by atoms with Gasteiger partial charge in [0.2, 0.25) is 0 Å². The first-order valence-corrected chi connectivity index (χ1v) is 5.23. The lowest BCUT2D eigenvalue weighted by Gasteiger charge is -1.78. The van der Waals surface area contributed by atoms with Gasteiger partial charge in [-0.05, 0) is 12.1 Å². The predicted octanol–water partition coefficient (Wildman–Crippen LogP) is 2.45. The molecule has 4 aromatic rings. The second-order valence-electron chi connectivity index (χ2n) is 3.45. The fraction of sp³-hybridized carbons (Fsp3) is 0. The van der Waals surface area contributed by atoms with Crippen LogP contribution in [0.1, 0.15) is 0 Å². The summed E-state index contributed by atoms with van der Waals surface area (Å²) < 4.78 is 9.63. The molecular formula is C12H8N4O2. The highest BCUT2D eigenvalue weighted by Gasteiger charge is 1.93. The Morgan fingerprint density at radius 3 is 2.61 bits per heavy atom. The van der Waals surface area contributed by atoms with Gasteiger partial charge in [0.05, 0.1) is 17.8 Å². The molecule has 4 aromatic heterocycles. The first-order chi connectivity index (χ1) is 8.93. The van der Waals surface area contributed by atoms with Gasteiger partial charge in [-0.1, -0.05) is 10.3 Å². The maximum atomic E-state index is 4.83. The van der Waals surface area contributed by atoms with E-state index >= 15 is 0 Å². The van der Waals surface area contributed by atoms with Crippen LogP contribution in [0.4, 0.5) is 0 Å². The molecule has 0 spiro atoms. The zero-order chi connectivity index (χ0) is 12.2. The molecule has 0 atom stereocenters. The predicted molar refractivity (Wildman–Crippen MR) is 63.6 cm³/mol. The molecule has 6 nitrogen and oxygen atoms in total. The van der Waals surface area contributed by atoms with Gasteiger partial charge in [0.15, 0.2) is 11.2 Å². The molecule has 4 heterocycles. The normalized spacial score (nSPS) is 10.2. The van der Waals surface area contributed by atoms with Gasteiger partial charge in [-0.3, -0.25) is 9.97 Å². The Labute approximate surface area is 101 Å². The van der Waals surface area contributed by atoms with Crippen molar-refractivity contribution in [2.45, 2.75) is 0 Å². The zero-order valence-corrected chi connectivity index (χ0v) is 9.22. The average Bonchev–Trinajstić information content (AvgIpc) is 3.08. The fourth-order valence-corrected chi connectivity index (χ4v) is 1.42. The van der Waals surface area contributed by atoms with Crippen LogP contribution in [0.2, 0.25) is 0 Å². The lowest BCUT2D eigenvalue weighted by molar-refractivity contribution is 0.456. The molecule has 0 saturated heterocycles. The van der Waals surface area contributed by atoms with Crippen molar-refractivity contribution < 1.29 is 9.05 Å². The van der Waals surface area contributed by atoms with Gasteiger partial charge in [-0.2, -0.15) is 0 Å². The first kappa shape index (κ1) is 10.4. The van der Waals surface area contributed by atoms with Gasteiger partial charge < -0.3 is 9.05 Å². The zero-order valence-electron chi connectivity index (χ0n) is 9.22. The summed E-state index contributed by atoms with van der Waals surface area (Å²) in [6.45, 7) is 0. The molecule has 0 amide bonds. The van der Waals surface area contributed by atoms with E-state index in [-0.39, 0.29) is 0 Å². The smallest absolute Gasteiger partial charge is 0.185 e. The van der Waals surface area contributed by atoms with E-state index in [1.807, 2.05) is 12.1 Å². The standard InChI is InChI=1S/2C6H4N2O/c1-2-7-3-5-4-8-9-6(1)5;1-2-6-5(7-3-1)4-8-9-6/h2*1-4H. The summed E-state index contributed by atoms with van der Waals surface area (Å²) in [7, 11) is 0. The van der Waals surface area contributed by atoms with Gasteiger partial charge in [0, 0.05) is 24.7 Å². The topological polar surface area (TPSA) is 77.8 Å². The molecule has 0 bridgehead atoms. The van der Waals surface area contributed by atoms with Crippen molar-refractivity contribution in [3.8, 4) is 0 Å². The number of pyridine rings is 2. The largest absolute Gasteiger partial charge is 0.356 e.